The zero-order chi connectivity index (χ0) is 30.1. The number of fused-ring (bicyclic) bond motifs is 1. The average molecular weight is 591 g/mol. The van der Waals surface area contributed by atoms with Crippen molar-refractivity contribution >= 4 is 29.1 Å². The third kappa shape index (κ3) is 5.12. The molecule has 0 bridgehead atoms. The number of carbonyl (C=O) groups excluding carboxylic acids is 1. The van der Waals surface area contributed by atoms with Gasteiger partial charge in [0.2, 0.25) is 0 Å². The summed E-state index contributed by atoms with van der Waals surface area (Å²) >= 11 is 1.15. The van der Waals surface area contributed by atoms with Crippen molar-refractivity contribution in [2.75, 3.05) is 20.8 Å². The molecule has 12 heteroatoms. The first kappa shape index (κ1) is 28.6. The summed E-state index contributed by atoms with van der Waals surface area (Å²) in [5.41, 5.74) is 2.06. The molecule has 1 atom stereocenters. The first-order chi connectivity index (χ1) is 20.2. The number of nitrogens with zero attached hydrogens (tertiary/aromatic N) is 3. The van der Waals surface area contributed by atoms with Gasteiger partial charge in [0.05, 0.1) is 41.5 Å². The maximum atomic E-state index is 13.9. The molecule has 2 aromatic heterocycles. The van der Waals surface area contributed by atoms with Crippen LogP contribution in [-0.4, -0.2) is 41.5 Å². The summed E-state index contributed by atoms with van der Waals surface area (Å²) in [6.07, 6.45) is 1.59. The molecule has 0 saturated heterocycles. The molecule has 42 heavy (non-hydrogen) atoms. The summed E-state index contributed by atoms with van der Waals surface area (Å²) in [5, 5.41) is 9.40. The highest BCUT2D eigenvalue weighted by Gasteiger charge is 2.35. The van der Waals surface area contributed by atoms with Crippen LogP contribution >= 0.6 is 11.3 Å². The number of aromatic nitrogens is 1. The van der Waals surface area contributed by atoms with Gasteiger partial charge in [-0.1, -0.05) is 23.5 Å². The lowest BCUT2D eigenvalue weighted by Crippen LogP contribution is -2.40. The predicted molar refractivity (Wildman–Crippen MR) is 154 cm³/mol. The number of hydrogen-bond donors (Lipinski definition) is 1. The van der Waals surface area contributed by atoms with Crippen LogP contribution in [0.15, 0.2) is 74.0 Å². The monoisotopic (exact) mass is 590 g/mol. The normalized spacial score (nSPS) is 14.8. The molecule has 2 aromatic carbocycles. The van der Waals surface area contributed by atoms with Gasteiger partial charge in [0, 0.05) is 28.8 Å². The molecule has 11 nitrogen and oxygen atoms in total. The first-order valence-electron chi connectivity index (χ1n) is 12.9. The number of aryl methyl sites for hydroxylation is 1. The zero-order valence-corrected chi connectivity index (χ0v) is 24.4. The minimum Gasteiger partial charge on any atom is -0.497 e. The average Bonchev–Trinajstić information content (AvgIpc) is 3.56. The Morgan fingerprint density at radius 1 is 1.14 bits per heavy atom. The van der Waals surface area contributed by atoms with Gasteiger partial charge in [-0.05, 0) is 51.1 Å². The van der Waals surface area contributed by atoms with Crippen molar-refractivity contribution in [3.8, 4) is 22.8 Å². The summed E-state index contributed by atoms with van der Waals surface area (Å²) in [7, 11) is 3.04. The number of methoxy groups -OCH3 is 2. The van der Waals surface area contributed by atoms with Gasteiger partial charge in [-0.25, -0.2) is 15.0 Å². The second-order valence-corrected chi connectivity index (χ2v) is 10.4. The summed E-state index contributed by atoms with van der Waals surface area (Å²) in [5.74, 6) is 1.22. The second-order valence-electron chi connectivity index (χ2n) is 9.39. The fourth-order valence-electron chi connectivity index (χ4n) is 4.82. The van der Waals surface area contributed by atoms with E-state index >= 15 is 0 Å². The minimum atomic E-state index is -0.890. The van der Waals surface area contributed by atoms with Crippen LogP contribution in [-0.2, 0) is 9.53 Å². The van der Waals surface area contributed by atoms with E-state index in [4.69, 9.17) is 18.6 Å². The Hall–Kier alpha value is -4.97. The molecular weight excluding hydrogens is 562 g/mol. The Bertz CT molecular complexity index is 1930. The summed E-state index contributed by atoms with van der Waals surface area (Å²) in [6.45, 7) is 5.26. The van der Waals surface area contributed by atoms with E-state index in [0.717, 1.165) is 11.3 Å². The Morgan fingerprint density at radius 3 is 2.62 bits per heavy atom. The van der Waals surface area contributed by atoms with E-state index < -0.39 is 12.0 Å². The highest BCUT2D eigenvalue weighted by Crippen LogP contribution is 2.38. The minimum absolute atomic E-state index is 0.0968. The molecule has 0 aliphatic carbocycles. The second kappa shape index (κ2) is 11.5. The molecule has 0 amide bonds. The SMILES string of the molecule is CCOC(=O)C1=C(C)N=c2s/c(=C\c3ccc(-c4ccc(C)c([N+](=O)O)c4)o3)c(=O)n2C1c1cc(OC)ccc1OC. The molecule has 3 heterocycles. The molecule has 1 N–H and O–H groups in total. The van der Waals surface area contributed by atoms with Gasteiger partial charge >= 0.3 is 11.7 Å². The van der Waals surface area contributed by atoms with Gasteiger partial charge in [0.15, 0.2) is 4.80 Å². The van der Waals surface area contributed by atoms with E-state index in [1.807, 2.05) is 0 Å². The van der Waals surface area contributed by atoms with Gasteiger partial charge in [0.1, 0.15) is 29.1 Å². The number of benzene rings is 2. The van der Waals surface area contributed by atoms with Crippen molar-refractivity contribution < 1.29 is 33.6 Å². The molecule has 0 radical (unpaired) electrons. The van der Waals surface area contributed by atoms with Crippen LogP contribution in [0, 0.1) is 11.8 Å². The largest absolute Gasteiger partial charge is 0.497 e. The van der Waals surface area contributed by atoms with Gasteiger partial charge in [-0.3, -0.25) is 9.36 Å². The van der Waals surface area contributed by atoms with Gasteiger partial charge in [0.25, 0.3) is 10.5 Å². The van der Waals surface area contributed by atoms with E-state index in [1.165, 1.54) is 24.9 Å². The number of rotatable bonds is 8. The van der Waals surface area contributed by atoms with E-state index in [2.05, 4.69) is 4.99 Å². The molecule has 0 fully saturated rings. The van der Waals surface area contributed by atoms with Crippen LogP contribution in [0.25, 0.3) is 17.4 Å². The van der Waals surface area contributed by atoms with E-state index in [-0.39, 0.29) is 28.3 Å². The van der Waals surface area contributed by atoms with Crippen LogP contribution in [0.2, 0.25) is 0 Å². The quantitative estimate of drug-likeness (QED) is 0.239. The molecule has 1 aliphatic heterocycles. The van der Waals surface area contributed by atoms with Gasteiger partial charge in [-0.15, -0.1) is 0 Å². The lowest BCUT2D eigenvalue weighted by Gasteiger charge is -2.26. The fourth-order valence-corrected chi connectivity index (χ4v) is 5.85. The first-order valence-corrected chi connectivity index (χ1v) is 13.8. The number of thiazole rings is 1. The molecule has 216 valence electrons. The lowest BCUT2D eigenvalue weighted by atomic mass is 9.95. The smallest absolute Gasteiger partial charge is 0.338 e. The van der Waals surface area contributed by atoms with Gasteiger partial charge in [-0.2, -0.15) is 0 Å². The topological polar surface area (TPSA) is 133 Å². The third-order valence-corrected chi connectivity index (χ3v) is 7.83. The Balaban J connectivity index is 1.66. The molecule has 5 rings (SSSR count). The van der Waals surface area contributed by atoms with Crippen LogP contribution in [0.1, 0.15) is 36.8 Å². The maximum absolute atomic E-state index is 13.9. The summed E-state index contributed by atoms with van der Waals surface area (Å²) < 4.78 is 24.2. The van der Waals surface area contributed by atoms with Crippen molar-refractivity contribution in [1.29, 1.82) is 0 Å². The van der Waals surface area contributed by atoms with Crippen molar-refractivity contribution in [3.05, 3.63) is 101 Å². The number of furan rings is 1. The number of carbonyl (C=O) groups is 1. The lowest BCUT2D eigenvalue weighted by molar-refractivity contribution is -0.730. The molecule has 1 aliphatic rings. The summed E-state index contributed by atoms with van der Waals surface area (Å²) in [6, 6.07) is 12.7. The van der Waals surface area contributed by atoms with E-state index in [9.17, 15) is 19.7 Å². The predicted octanol–water partition coefficient (Wildman–Crippen LogP) is 4.18. The molecule has 4 aromatic rings. The molecular formula is C30H28N3O8S+. The Labute approximate surface area is 243 Å². The fraction of sp³-hybridized carbons (Fsp3) is 0.233. The molecule has 1 unspecified atom stereocenters. The van der Waals surface area contributed by atoms with Crippen molar-refractivity contribution in [2.24, 2.45) is 4.99 Å². The summed E-state index contributed by atoms with van der Waals surface area (Å²) in [4.78, 5) is 43.4. The van der Waals surface area contributed by atoms with Crippen LogP contribution < -0.4 is 24.4 Å². The number of esters is 1. The number of hydrogen-bond acceptors (Lipinski definition) is 9. The van der Waals surface area contributed by atoms with Crippen LogP contribution in [0.5, 0.6) is 11.5 Å². The third-order valence-electron chi connectivity index (χ3n) is 6.85. The highest BCUT2D eigenvalue weighted by atomic mass is 32.1. The van der Waals surface area contributed by atoms with Crippen LogP contribution in [0.3, 0.4) is 0 Å². The highest BCUT2D eigenvalue weighted by molar-refractivity contribution is 7.07. The zero-order valence-electron chi connectivity index (χ0n) is 23.5. The van der Waals surface area contributed by atoms with E-state index in [0.29, 0.717) is 54.7 Å². The Morgan fingerprint density at radius 2 is 1.93 bits per heavy atom. The molecule has 0 saturated carbocycles. The van der Waals surface area contributed by atoms with Crippen molar-refractivity contribution in [2.45, 2.75) is 26.8 Å². The standard InChI is InChI=1S/C30H28N3O8S/c1-6-40-29(35)26-17(3)31-30-32(27(26)21-14-19(38-4)9-12-24(21)39-5)28(34)25(42-30)15-20-10-11-23(41-20)18-8-7-16(2)22(13-18)33(36)37/h7-15,27H,6H2,1-5H3,(H,36,37)/q+1/b25-15-. The van der Waals surface area contributed by atoms with Crippen molar-refractivity contribution in [3.63, 3.8) is 0 Å². The van der Waals surface area contributed by atoms with Crippen LogP contribution in [0.4, 0.5) is 5.69 Å². The number of ether oxygens (including phenoxy) is 3. The Kier molecular flexibility index (Phi) is 7.81. The van der Waals surface area contributed by atoms with Gasteiger partial charge < -0.3 is 18.6 Å². The van der Waals surface area contributed by atoms with Crippen molar-refractivity contribution in [1.82, 2.24) is 4.57 Å². The maximum Gasteiger partial charge on any atom is 0.338 e. The molecule has 0 spiro atoms. The van der Waals surface area contributed by atoms with E-state index in [1.54, 1.807) is 69.3 Å². The number of allylic oxidation sites excluding steroid dienone is 1.